The molecule has 2 aliphatic heterocycles. The summed E-state index contributed by atoms with van der Waals surface area (Å²) >= 11 is 1.42. The van der Waals surface area contributed by atoms with Gasteiger partial charge in [0.15, 0.2) is 11.6 Å². The van der Waals surface area contributed by atoms with E-state index in [4.69, 9.17) is 4.74 Å². The van der Waals surface area contributed by atoms with Gasteiger partial charge >= 0.3 is 0 Å². The Balaban J connectivity index is 1.90. The van der Waals surface area contributed by atoms with Crippen molar-refractivity contribution >= 4 is 17.7 Å². The molecule has 0 saturated carbocycles. The van der Waals surface area contributed by atoms with Crippen LogP contribution in [0.1, 0.15) is 24.9 Å². The molecule has 0 aromatic heterocycles. The zero-order chi connectivity index (χ0) is 16.6. The molecule has 23 heavy (non-hydrogen) atoms. The molecule has 3 rings (SSSR count). The Morgan fingerprint density at radius 3 is 2.87 bits per heavy atom. The first kappa shape index (κ1) is 16.3. The molecule has 7 heteroatoms. The highest BCUT2D eigenvalue weighted by atomic mass is 32.2. The van der Waals surface area contributed by atoms with Crippen molar-refractivity contribution in [1.82, 2.24) is 4.90 Å². The number of likely N-dealkylation sites (tertiary alicyclic amines) is 1. The summed E-state index contributed by atoms with van der Waals surface area (Å²) in [5.41, 5.74) is 0.480. The van der Waals surface area contributed by atoms with Crippen molar-refractivity contribution in [1.29, 1.82) is 0 Å². The van der Waals surface area contributed by atoms with E-state index in [0.717, 1.165) is 12.1 Å². The van der Waals surface area contributed by atoms with Crippen LogP contribution in [0.4, 0.5) is 8.78 Å². The van der Waals surface area contributed by atoms with Gasteiger partial charge in [0.2, 0.25) is 0 Å². The number of hydrogen-bond acceptors (Lipinski definition) is 4. The molecule has 1 fully saturated rings. The minimum Gasteiger partial charge on any atom is -0.496 e. The number of aliphatic hydroxyl groups excluding tert-OH is 1. The number of allylic oxidation sites excluding steroid dienone is 1. The number of nitrogens with zero attached hydrogens (tertiary/aromatic N) is 1. The van der Waals surface area contributed by atoms with Gasteiger partial charge in [-0.2, -0.15) is 0 Å². The molecule has 1 aromatic rings. The van der Waals surface area contributed by atoms with Gasteiger partial charge in [0, 0.05) is 12.3 Å². The highest BCUT2D eigenvalue weighted by molar-refractivity contribution is 8.04. The molecule has 0 aliphatic carbocycles. The SMILES string of the molecule is CC1=C(C(=O)N2C[C@@H](O)C[C@@H]2c2ccc(F)c(F)c2)SCCO1. The molecule has 2 aliphatic rings. The fourth-order valence-corrected chi connectivity index (χ4v) is 3.80. The van der Waals surface area contributed by atoms with Crippen LogP contribution in [0.3, 0.4) is 0 Å². The standard InChI is InChI=1S/C16H17F2NO3S/c1-9-15(23-5-4-22-9)16(21)19-8-11(20)7-14(19)10-2-3-12(17)13(18)6-10/h2-3,6,11,14,20H,4-5,7-8H2,1H3/t11-,14+/m0/s1. The van der Waals surface area contributed by atoms with E-state index in [1.54, 1.807) is 6.92 Å². The number of aliphatic hydroxyl groups is 1. The van der Waals surface area contributed by atoms with Gasteiger partial charge < -0.3 is 14.7 Å². The van der Waals surface area contributed by atoms with Crippen LogP contribution in [0.2, 0.25) is 0 Å². The maximum atomic E-state index is 13.5. The van der Waals surface area contributed by atoms with Crippen molar-refractivity contribution in [2.45, 2.75) is 25.5 Å². The fraction of sp³-hybridized carbons (Fsp3) is 0.438. The molecule has 0 spiro atoms. The Labute approximate surface area is 137 Å². The maximum Gasteiger partial charge on any atom is 0.264 e. The van der Waals surface area contributed by atoms with Crippen molar-refractivity contribution < 1.29 is 23.4 Å². The van der Waals surface area contributed by atoms with E-state index in [0.29, 0.717) is 35.0 Å². The number of halogens is 2. The molecule has 1 aromatic carbocycles. The van der Waals surface area contributed by atoms with Gasteiger partial charge in [0.25, 0.3) is 5.91 Å². The minimum atomic E-state index is -0.956. The number of rotatable bonds is 2. The van der Waals surface area contributed by atoms with Crippen LogP contribution in [0.25, 0.3) is 0 Å². The summed E-state index contributed by atoms with van der Waals surface area (Å²) in [6.07, 6.45) is -0.387. The van der Waals surface area contributed by atoms with Gasteiger partial charge in [0.1, 0.15) is 10.7 Å². The smallest absolute Gasteiger partial charge is 0.264 e. The average Bonchev–Trinajstić information content (AvgIpc) is 2.92. The van der Waals surface area contributed by atoms with Gasteiger partial charge in [0.05, 0.1) is 18.8 Å². The van der Waals surface area contributed by atoms with E-state index in [9.17, 15) is 18.7 Å². The van der Waals surface area contributed by atoms with Crippen LogP contribution < -0.4 is 0 Å². The largest absolute Gasteiger partial charge is 0.496 e. The second-order valence-electron chi connectivity index (χ2n) is 5.62. The Morgan fingerprint density at radius 1 is 1.39 bits per heavy atom. The van der Waals surface area contributed by atoms with Crippen molar-refractivity contribution in [3.63, 3.8) is 0 Å². The first-order chi connectivity index (χ1) is 11.0. The zero-order valence-electron chi connectivity index (χ0n) is 12.6. The summed E-state index contributed by atoms with van der Waals surface area (Å²) in [5, 5.41) is 9.95. The molecule has 1 N–H and O–H groups in total. The summed E-state index contributed by atoms with van der Waals surface area (Å²) < 4.78 is 32.0. The number of amides is 1. The lowest BCUT2D eigenvalue weighted by atomic mass is 10.0. The fourth-order valence-electron chi connectivity index (χ4n) is 2.92. The third-order valence-electron chi connectivity index (χ3n) is 4.03. The first-order valence-electron chi connectivity index (χ1n) is 7.38. The molecule has 0 radical (unpaired) electrons. The van der Waals surface area contributed by atoms with E-state index < -0.39 is 23.8 Å². The summed E-state index contributed by atoms with van der Waals surface area (Å²) in [5.74, 6) is -0.873. The third kappa shape index (κ3) is 3.21. The lowest BCUT2D eigenvalue weighted by Gasteiger charge is -2.27. The first-order valence-corrected chi connectivity index (χ1v) is 8.36. The molecular weight excluding hydrogens is 324 g/mol. The van der Waals surface area contributed by atoms with E-state index in [1.807, 2.05) is 0 Å². The quantitative estimate of drug-likeness (QED) is 0.898. The van der Waals surface area contributed by atoms with Crippen molar-refractivity contribution in [3.8, 4) is 0 Å². The monoisotopic (exact) mass is 341 g/mol. The van der Waals surface area contributed by atoms with E-state index in [2.05, 4.69) is 0 Å². The highest BCUT2D eigenvalue weighted by Crippen LogP contribution is 2.37. The van der Waals surface area contributed by atoms with Crippen LogP contribution in [0.15, 0.2) is 28.9 Å². The summed E-state index contributed by atoms with van der Waals surface area (Å²) in [7, 11) is 0. The Morgan fingerprint density at radius 2 is 2.17 bits per heavy atom. The third-order valence-corrected chi connectivity index (χ3v) is 5.15. The van der Waals surface area contributed by atoms with Crippen LogP contribution in [0.5, 0.6) is 0 Å². The van der Waals surface area contributed by atoms with Gasteiger partial charge in [-0.25, -0.2) is 8.78 Å². The summed E-state index contributed by atoms with van der Waals surface area (Å²) in [6.45, 7) is 2.46. The van der Waals surface area contributed by atoms with Gasteiger partial charge in [-0.15, -0.1) is 11.8 Å². The molecule has 0 unspecified atom stereocenters. The number of carbonyl (C=O) groups is 1. The average molecular weight is 341 g/mol. The summed E-state index contributed by atoms with van der Waals surface area (Å²) in [4.78, 5) is 14.8. The number of hydrogen-bond donors (Lipinski definition) is 1. The van der Waals surface area contributed by atoms with Crippen molar-refractivity contribution in [2.75, 3.05) is 18.9 Å². The Kier molecular flexibility index (Phi) is 4.59. The number of thioether (sulfide) groups is 1. The summed E-state index contributed by atoms with van der Waals surface area (Å²) in [6, 6.07) is 3.11. The molecule has 2 heterocycles. The van der Waals surface area contributed by atoms with Crippen LogP contribution in [0, 0.1) is 11.6 Å². The van der Waals surface area contributed by atoms with Gasteiger partial charge in [-0.3, -0.25) is 4.79 Å². The van der Waals surface area contributed by atoms with Crippen molar-refractivity contribution in [3.05, 3.63) is 46.1 Å². The number of ether oxygens (including phenoxy) is 1. The van der Waals surface area contributed by atoms with E-state index >= 15 is 0 Å². The second-order valence-corrected chi connectivity index (χ2v) is 6.72. The number of β-amino-alcohol motifs (C(OH)–C–C–N with tert-alkyl or cyclic N) is 1. The predicted molar refractivity (Wildman–Crippen MR) is 82.5 cm³/mol. The van der Waals surface area contributed by atoms with E-state index in [1.165, 1.54) is 22.7 Å². The number of benzene rings is 1. The Hall–Kier alpha value is -1.60. The lowest BCUT2D eigenvalue weighted by molar-refractivity contribution is -0.127. The molecule has 1 saturated heterocycles. The van der Waals surface area contributed by atoms with Crippen molar-refractivity contribution in [2.24, 2.45) is 0 Å². The molecule has 124 valence electrons. The second kappa shape index (κ2) is 6.49. The Bertz CT molecular complexity index is 665. The maximum absolute atomic E-state index is 13.5. The lowest BCUT2D eigenvalue weighted by Crippen LogP contribution is -2.33. The minimum absolute atomic E-state index is 0.167. The topological polar surface area (TPSA) is 49.8 Å². The van der Waals surface area contributed by atoms with Crippen LogP contribution in [-0.4, -0.2) is 40.9 Å². The molecule has 2 atom stereocenters. The van der Waals surface area contributed by atoms with Gasteiger partial charge in [-0.05, 0) is 31.0 Å². The molecule has 1 amide bonds. The highest BCUT2D eigenvalue weighted by Gasteiger charge is 2.38. The van der Waals surface area contributed by atoms with E-state index in [-0.39, 0.29) is 12.5 Å². The van der Waals surface area contributed by atoms with Gasteiger partial charge in [-0.1, -0.05) is 6.07 Å². The van der Waals surface area contributed by atoms with Crippen LogP contribution in [-0.2, 0) is 9.53 Å². The molecule has 0 bridgehead atoms. The normalized spacial score (nSPS) is 24.8. The number of carbonyl (C=O) groups excluding carboxylic acids is 1. The molecule has 4 nitrogen and oxygen atoms in total. The van der Waals surface area contributed by atoms with Crippen LogP contribution >= 0.6 is 11.8 Å². The predicted octanol–water partition coefficient (Wildman–Crippen LogP) is 2.59. The zero-order valence-corrected chi connectivity index (χ0v) is 13.4. The molecular formula is C16H17F2NO3S.